The van der Waals surface area contributed by atoms with Gasteiger partial charge in [-0.25, -0.2) is 0 Å². The summed E-state index contributed by atoms with van der Waals surface area (Å²) in [6, 6.07) is 8.19. The predicted octanol–water partition coefficient (Wildman–Crippen LogP) is 5.34. The molecule has 0 spiro atoms. The van der Waals surface area contributed by atoms with Crippen molar-refractivity contribution in [3.63, 3.8) is 0 Å². The van der Waals surface area contributed by atoms with Gasteiger partial charge in [0.2, 0.25) is 0 Å². The highest BCUT2D eigenvalue weighted by Gasteiger charge is 2.33. The molecule has 3 N–H and O–H groups in total. The van der Waals surface area contributed by atoms with Gasteiger partial charge in [-0.3, -0.25) is 0 Å². The van der Waals surface area contributed by atoms with Gasteiger partial charge in [0.25, 0.3) is 0 Å². The summed E-state index contributed by atoms with van der Waals surface area (Å²) < 4.78 is 38.3. The van der Waals surface area contributed by atoms with Crippen LogP contribution in [0.1, 0.15) is 5.56 Å². The van der Waals surface area contributed by atoms with Gasteiger partial charge in [0, 0.05) is 16.4 Å². The number of nitrogens with one attached hydrogen (secondary N) is 1. The van der Waals surface area contributed by atoms with Crippen LogP contribution >= 0.6 is 23.2 Å². The number of hydrogen-bond acceptors (Lipinski definition) is 2. The molecule has 0 aliphatic heterocycles. The van der Waals surface area contributed by atoms with Gasteiger partial charge in [0.05, 0.1) is 16.3 Å². The van der Waals surface area contributed by atoms with Gasteiger partial charge in [0.1, 0.15) is 0 Å². The molecule has 0 bridgehead atoms. The lowest BCUT2D eigenvalue weighted by Crippen LogP contribution is -2.09. The number of anilines is 3. The molecule has 0 saturated heterocycles. The predicted molar refractivity (Wildman–Crippen MR) is 75.6 cm³/mol. The summed E-state index contributed by atoms with van der Waals surface area (Å²) in [5.74, 6) is 0. The van der Waals surface area contributed by atoms with Crippen molar-refractivity contribution in [3.8, 4) is 0 Å². The monoisotopic (exact) mass is 320 g/mol. The fraction of sp³-hybridized carbons (Fsp3) is 0.0769. The van der Waals surface area contributed by atoms with Crippen molar-refractivity contribution in [3.05, 3.63) is 52.0 Å². The number of rotatable bonds is 2. The lowest BCUT2D eigenvalue weighted by molar-refractivity contribution is -0.136. The third kappa shape index (κ3) is 3.29. The average molecular weight is 321 g/mol. The Kier molecular flexibility index (Phi) is 4.01. The van der Waals surface area contributed by atoms with Gasteiger partial charge >= 0.3 is 6.18 Å². The van der Waals surface area contributed by atoms with E-state index in [4.69, 9.17) is 28.9 Å². The molecule has 0 amide bonds. The third-order valence-corrected chi connectivity index (χ3v) is 3.13. The molecule has 2 aromatic carbocycles. The van der Waals surface area contributed by atoms with Crippen molar-refractivity contribution in [2.24, 2.45) is 0 Å². The van der Waals surface area contributed by atoms with E-state index >= 15 is 0 Å². The lowest BCUT2D eigenvalue weighted by atomic mass is 10.1. The van der Waals surface area contributed by atoms with Gasteiger partial charge in [-0.1, -0.05) is 23.2 Å². The fourth-order valence-corrected chi connectivity index (χ4v) is 1.97. The number of benzene rings is 2. The summed E-state index contributed by atoms with van der Waals surface area (Å²) in [7, 11) is 0. The minimum Gasteiger partial charge on any atom is -0.398 e. The molecular weight excluding hydrogens is 312 g/mol. The van der Waals surface area contributed by atoms with Crippen molar-refractivity contribution in [1.29, 1.82) is 0 Å². The van der Waals surface area contributed by atoms with Crippen LogP contribution in [0, 0.1) is 0 Å². The van der Waals surface area contributed by atoms with Crippen LogP contribution in [0.2, 0.25) is 10.0 Å². The molecule has 0 aliphatic carbocycles. The third-order valence-electron chi connectivity index (χ3n) is 2.57. The van der Waals surface area contributed by atoms with E-state index < -0.39 is 11.7 Å². The van der Waals surface area contributed by atoms with E-state index in [1.54, 1.807) is 12.1 Å². The van der Waals surface area contributed by atoms with Gasteiger partial charge in [-0.2, -0.15) is 13.2 Å². The molecule has 0 fully saturated rings. The number of hydrogen-bond donors (Lipinski definition) is 2. The van der Waals surface area contributed by atoms with Gasteiger partial charge < -0.3 is 11.1 Å². The first-order valence-electron chi connectivity index (χ1n) is 5.46. The quantitative estimate of drug-likeness (QED) is 0.733. The molecular formula is C13H9Cl2F3N2. The van der Waals surface area contributed by atoms with Crippen LogP contribution in [0.25, 0.3) is 0 Å². The maximum Gasteiger partial charge on any atom is 0.418 e. The lowest BCUT2D eigenvalue weighted by Gasteiger charge is -2.14. The highest BCUT2D eigenvalue weighted by Crippen LogP contribution is 2.36. The molecule has 2 nitrogen and oxygen atoms in total. The molecule has 0 atom stereocenters. The van der Waals surface area contributed by atoms with Crippen LogP contribution in [-0.4, -0.2) is 0 Å². The van der Waals surface area contributed by atoms with Crippen LogP contribution in [0.15, 0.2) is 36.4 Å². The fourth-order valence-electron chi connectivity index (χ4n) is 1.63. The summed E-state index contributed by atoms with van der Waals surface area (Å²) in [6.07, 6.45) is -4.51. The smallest absolute Gasteiger partial charge is 0.398 e. The zero-order valence-corrected chi connectivity index (χ0v) is 11.4. The van der Waals surface area contributed by atoms with E-state index in [2.05, 4.69) is 5.32 Å². The molecule has 0 aromatic heterocycles. The first kappa shape index (κ1) is 14.8. The Bertz CT molecular complexity index is 642. The summed E-state index contributed by atoms with van der Waals surface area (Å²) in [6.45, 7) is 0. The van der Waals surface area contributed by atoms with Crippen molar-refractivity contribution >= 4 is 40.3 Å². The summed E-state index contributed by atoms with van der Waals surface area (Å²) in [5.41, 5.74) is 4.72. The standard InChI is InChI=1S/C13H9Cl2F3N2/c14-7-1-3-10(15)12(5-7)20-8-2-4-11(19)9(6-8)13(16,17)18/h1-6,20H,19H2. The summed E-state index contributed by atoms with van der Waals surface area (Å²) in [4.78, 5) is 0. The molecule has 2 rings (SSSR count). The summed E-state index contributed by atoms with van der Waals surface area (Å²) >= 11 is 11.8. The zero-order chi connectivity index (χ0) is 14.9. The minimum absolute atomic E-state index is 0.218. The number of nitrogen functional groups attached to an aromatic ring is 1. The average Bonchev–Trinajstić information content (AvgIpc) is 2.35. The van der Waals surface area contributed by atoms with Crippen LogP contribution in [-0.2, 0) is 6.18 Å². The van der Waals surface area contributed by atoms with Crippen LogP contribution < -0.4 is 11.1 Å². The molecule has 0 radical (unpaired) electrons. The van der Waals surface area contributed by atoms with Crippen LogP contribution in [0.3, 0.4) is 0 Å². The zero-order valence-electron chi connectivity index (χ0n) is 9.93. The van der Waals surface area contributed by atoms with Gasteiger partial charge in [-0.15, -0.1) is 0 Å². The Balaban J connectivity index is 2.37. The van der Waals surface area contributed by atoms with Crippen LogP contribution in [0.5, 0.6) is 0 Å². The molecule has 2 aromatic rings. The maximum atomic E-state index is 12.8. The Hall–Kier alpha value is -1.59. The van der Waals surface area contributed by atoms with Gasteiger partial charge in [-0.05, 0) is 36.4 Å². The van der Waals surface area contributed by atoms with E-state index in [9.17, 15) is 13.2 Å². The Morgan fingerprint density at radius 2 is 1.70 bits per heavy atom. The Morgan fingerprint density at radius 3 is 2.35 bits per heavy atom. The number of nitrogens with two attached hydrogens (primary N) is 1. The van der Waals surface area contributed by atoms with Crippen molar-refractivity contribution in [2.45, 2.75) is 6.18 Å². The molecule has 0 aliphatic rings. The molecule has 0 heterocycles. The first-order chi connectivity index (χ1) is 9.27. The van der Waals surface area contributed by atoms with Crippen molar-refractivity contribution in [2.75, 3.05) is 11.1 Å². The molecule has 20 heavy (non-hydrogen) atoms. The second kappa shape index (κ2) is 5.42. The Morgan fingerprint density at radius 1 is 1.00 bits per heavy atom. The maximum absolute atomic E-state index is 12.8. The topological polar surface area (TPSA) is 38.0 Å². The number of alkyl halides is 3. The van der Waals surface area contributed by atoms with Crippen molar-refractivity contribution in [1.82, 2.24) is 0 Å². The normalized spacial score (nSPS) is 11.4. The van der Waals surface area contributed by atoms with Crippen LogP contribution in [0.4, 0.5) is 30.2 Å². The second-order valence-electron chi connectivity index (χ2n) is 4.05. The molecule has 7 heteroatoms. The number of halogens is 5. The Labute approximate surface area is 123 Å². The van der Waals surface area contributed by atoms with E-state index in [0.29, 0.717) is 15.7 Å². The first-order valence-corrected chi connectivity index (χ1v) is 6.22. The van der Waals surface area contributed by atoms with E-state index in [-0.39, 0.29) is 11.4 Å². The van der Waals surface area contributed by atoms with Crippen molar-refractivity contribution < 1.29 is 13.2 Å². The highest BCUT2D eigenvalue weighted by atomic mass is 35.5. The molecule has 0 saturated carbocycles. The van der Waals surface area contributed by atoms with E-state index in [1.165, 1.54) is 18.2 Å². The van der Waals surface area contributed by atoms with Gasteiger partial charge in [0.15, 0.2) is 0 Å². The van der Waals surface area contributed by atoms with E-state index in [0.717, 1.165) is 6.07 Å². The molecule has 106 valence electrons. The summed E-state index contributed by atoms with van der Waals surface area (Å²) in [5, 5.41) is 3.55. The minimum atomic E-state index is -4.51. The van der Waals surface area contributed by atoms with E-state index in [1.807, 2.05) is 0 Å². The SMILES string of the molecule is Nc1ccc(Nc2cc(Cl)ccc2Cl)cc1C(F)(F)F. The second-order valence-corrected chi connectivity index (χ2v) is 4.89. The highest BCUT2D eigenvalue weighted by molar-refractivity contribution is 6.35. The largest absolute Gasteiger partial charge is 0.418 e. The molecule has 0 unspecified atom stereocenters.